The van der Waals surface area contributed by atoms with Crippen LogP contribution in [0.3, 0.4) is 0 Å². The molecule has 0 spiro atoms. The van der Waals surface area contributed by atoms with Gasteiger partial charge in [-0.15, -0.1) is 0 Å². The summed E-state index contributed by atoms with van der Waals surface area (Å²) in [6.07, 6.45) is 0.476. The molecule has 7 heteroatoms. The summed E-state index contributed by atoms with van der Waals surface area (Å²) in [6.45, 7) is 3.11. The number of carbonyl (C=O) groups excluding carboxylic acids is 1. The fourth-order valence-electron chi connectivity index (χ4n) is 1.40. The summed E-state index contributed by atoms with van der Waals surface area (Å²) < 4.78 is 10.0. The number of nitrogens with one attached hydrogen (secondary N) is 2. The normalized spacial score (nSPS) is 13.6. The maximum Gasteiger partial charge on any atom is 0.314 e. The summed E-state index contributed by atoms with van der Waals surface area (Å²) >= 11 is 0. The molecule has 0 saturated carbocycles. The first-order chi connectivity index (χ1) is 8.99. The predicted octanol–water partition coefficient (Wildman–Crippen LogP) is 0.448. The van der Waals surface area contributed by atoms with Crippen LogP contribution in [0.15, 0.2) is 0 Å². The van der Waals surface area contributed by atoms with Crippen molar-refractivity contribution in [2.24, 2.45) is 5.92 Å². The molecule has 0 aromatic carbocycles. The van der Waals surface area contributed by atoms with Crippen molar-refractivity contribution in [3.05, 3.63) is 0 Å². The summed E-state index contributed by atoms with van der Waals surface area (Å²) in [4.78, 5) is 21.9. The van der Waals surface area contributed by atoms with Crippen LogP contribution in [0.25, 0.3) is 0 Å². The van der Waals surface area contributed by atoms with Gasteiger partial charge in [0.2, 0.25) is 0 Å². The van der Waals surface area contributed by atoms with Crippen LogP contribution in [0.2, 0.25) is 0 Å². The molecule has 19 heavy (non-hydrogen) atoms. The van der Waals surface area contributed by atoms with E-state index in [1.807, 2.05) is 6.92 Å². The Kier molecular flexibility index (Phi) is 9.82. The Labute approximate surface area is 113 Å². The van der Waals surface area contributed by atoms with Crippen LogP contribution in [0, 0.1) is 5.92 Å². The Morgan fingerprint density at radius 2 is 1.84 bits per heavy atom. The minimum atomic E-state index is -0.821. The van der Waals surface area contributed by atoms with Crippen molar-refractivity contribution in [2.45, 2.75) is 25.9 Å². The molecule has 0 aliphatic carbocycles. The van der Waals surface area contributed by atoms with E-state index >= 15 is 0 Å². The first-order valence-electron chi connectivity index (χ1n) is 6.24. The third-order valence-corrected chi connectivity index (χ3v) is 2.64. The van der Waals surface area contributed by atoms with E-state index in [-0.39, 0.29) is 24.5 Å². The van der Waals surface area contributed by atoms with Crippen molar-refractivity contribution in [3.8, 4) is 0 Å². The number of carboxylic acid groups (broad SMARTS) is 1. The van der Waals surface area contributed by atoms with E-state index in [0.717, 1.165) is 0 Å². The molecule has 0 aromatic rings. The Bertz CT molecular complexity index is 273. The highest BCUT2D eigenvalue weighted by Crippen LogP contribution is 2.03. The van der Waals surface area contributed by atoms with E-state index in [2.05, 4.69) is 10.6 Å². The average molecular weight is 276 g/mol. The van der Waals surface area contributed by atoms with E-state index in [4.69, 9.17) is 14.6 Å². The van der Waals surface area contributed by atoms with Crippen molar-refractivity contribution < 1.29 is 24.2 Å². The minimum Gasteiger partial charge on any atom is -0.481 e. The van der Waals surface area contributed by atoms with Gasteiger partial charge in [0.05, 0.1) is 12.7 Å². The Balaban J connectivity index is 3.71. The quantitative estimate of drug-likeness (QED) is 0.538. The molecule has 3 N–H and O–H groups in total. The van der Waals surface area contributed by atoms with E-state index in [1.165, 1.54) is 0 Å². The Morgan fingerprint density at radius 3 is 2.37 bits per heavy atom. The standard InChI is InChI=1S/C12H24N2O5/c1-9(4-5-11(15)16)6-13-12(17)14-7-10(19-3)8-18-2/h9-10H,4-8H2,1-3H3,(H,15,16)(H2,13,14,17). The summed E-state index contributed by atoms with van der Waals surface area (Å²) in [5.74, 6) is -0.696. The molecule has 2 atom stereocenters. The second-order valence-corrected chi connectivity index (χ2v) is 4.44. The fraction of sp³-hybridized carbons (Fsp3) is 0.833. The zero-order valence-corrected chi connectivity index (χ0v) is 11.8. The maximum absolute atomic E-state index is 11.5. The molecule has 112 valence electrons. The number of hydrogen-bond acceptors (Lipinski definition) is 4. The van der Waals surface area contributed by atoms with Crippen molar-refractivity contribution >= 4 is 12.0 Å². The van der Waals surface area contributed by atoms with Gasteiger partial charge in [-0.2, -0.15) is 0 Å². The first kappa shape index (κ1) is 17.7. The summed E-state index contributed by atoms with van der Waals surface area (Å²) in [7, 11) is 3.12. The van der Waals surface area contributed by atoms with Crippen LogP contribution in [0.5, 0.6) is 0 Å². The number of urea groups is 1. The Morgan fingerprint density at radius 1 is 1.21 bits per heavy atom. The van der Waals surface area contributed by atoms with Gasteiger partial charge >= 0.3 is 12.0 Å². The zero-order chi connectivity index (χ0) is 14.7. The summed E-state index contributed by atoms with van der Waals surface area (Å²) in [5, 5.41) is 13.9. The molecular weight excluding hydrogens is 252 g/mol. The number of aliphatic carboxylic acids is 1. The largest absolute Gasteiger partial charge is 0.481 e. The van der Waals surface area contributed by atoms with Gasteiger partial charge in [0, 0.05) is 33.7 Å². The number of carboxylic acids is 1. The molecule has 0 radical (unpaired) electrons. The van der Waals surface area contributed by atoms with Gasteiger partial charge in [0.25, 0.3) is 0 Å². The lowest BCUT2D eigenvalue weighted by Gasteiger charge is -2.16. The second kappa shape index (κ2) is 10.6. The molecule has 0 bridgehead atoms. The molecule has 0 heterocycles. The van der Waals surface area contributed by atoms with Gasteiger partial charge in [0.15, 0.2) is 0 Å². The lowest BCUT2D eigenvalue weighted by Crippen LogP contribution is -2.42. The molecule has 2 amide bonds. The van der Waals surface area contributed by atoms with Crippen LogP contribution in [0.1, 0.15) is 19.8 Å². The van der Waals surface area contributed by atoms with Gasteiger partial charge in [0.1, 0.15) is 0 Å². The second-order valence-electron chi connectivity index (χ2n) is 4.44. The first-order valence-corrected chi connectivity index (χ1v) is 6.24. The highest BCUT2D eigenvalue weighted by atomic mass is 16.5. The average Bonchev–Trinajstić information content (AvgIpc) is 2.38. The van der Waals surface area contributed by atoms with Crippen molar-refractivity contribution in [1.82, 2.24) is 10.6 Å². The number of rotatable bonds is 10. The van der Waals surface area contributed by atoms with E-state index in [0.29, 0.717) is 26.1 Å². The van der Waals surface area contributed by atoms with Crippen molar-refractivity contribution in [2.75, 3.05) is 33.9 Å². The third-order valence-electron chi connectivity index (χ3n) is 2.64. The maximum atomic E-state index is 11.5. The smallest absolute Gasteiger partial charge is 0.314 e. The SMILES string of the molecule is COCC(CNC(=O)NCC(C)CCC(=O)O)OC. The molecule has 2 unspecified atom stereocenters. The Hall–Kier alpha value is -1.34. The lowest BCUT2D eigenvalue weighted by atomic mass is 10.1. The highest BCUT2D eigenvalue weighted by Gasteiger charge is 2.10. The van der Waals surface area contributed by atoms with E-state index in [9.17, 15) is 9.59 Å². The molecule has 0 aromatic heterocycles. The monoisotopic (exact) mass is 276 g/mol. The number of hydrogen-bond donors (Lipinski definition) is 3. The molecule has 7 nitrogen and oxygen atoms in total. The van der Waals surface area contributed by atoms with Crippen molar-refractivity contribution in [3.63, 3.8) is 0 Å². The number of methoxy groups -OCH3 is 2. The molecule has 0 aliphatic heterocycles. The van der Waals surface area contributed by atoms with Gasteiger partial charge in [-0.3, -0.25) is 4.79 Å². The number of carbonyl (C=O) groups is 2. The van der Waals surface area contributed by atoms with Gasteiger partial charge in [-0.1, -0.05) is 6.92 Å². The van der Waals surface area contributed by atoms with Crippen LogP contribution in [-0.4, -0.2) is 57.1 Å². The highest BCUT2D eigenvalue weighted by molar-refractivity contribution is 5.73. The van der Waals surface area contributed by atoms with Gasteiger partial charge < -0.3 is 25.2 Å². The van der Waals surface area contributed by atoms with Crippen LogP contribution >= 0.6 is 0 Å². The molecule has 0 fully saturated rings. The van der Waals surface area contributed by atoms with Crippen LogP contribution in [0.4, 0.5) is 4.79 Å². The van der Waals surface area contributed by atoms with E-state index < -0.39 is 5.97 Å². The molecule has 0 rings (SSSR count). The lowest BCUT2D eigenvalue weighted by molar-refractivity contribution is -0.137. The molecule has 0 saturated heterocycles. The van der Waals surface area contributed by atoms with Crippen molar-refractivity contribution in [1.29, 1.82) is 0 Å². The minimum absolute atomic E-state index is 0.115. The zero-order valence-electron chi connectivity index (χ0n) is 11.8. The molecular formula is C12H24N2O5. The fourth-order valence-corrected chi connectivity index (χ4v) is 1.40. The van der Waals surface area contributed by atoms with Crippen LogP contribution in [-0.2, 0) is 14.3 Å². The predicted molar refractivity (Wildman–Crippen MR) is 70.1 cm³/mol. The number of ether oxygens (including phenoxy) is 2. The summed E-state index contributed by atoms with van der Waals surface area (Å²) in [5.41, 5.74) is 0. The van der Waals surface area contributed by atoms with Gasteiger partial charge in [-0.05, 0) is 12.3 Å². The van der Waals surface area contributed by atoms with Crippen LogP contribution < -0.4 is 10.6 Å². The van der Waals surface area contributed by atoms with E-state index in [1.54, 1.807) is 14.2 Å². The van der Waals surface area contributed by atoms with Gasteiger partial charge in [-0.25, -0.2) is 4.79 Å². The molecule has 0 aliphatic rings. The third kappa shape index (κ3) is 10.3. The summed E-state index contributed by atoms with van der Waals surface area (Å²) in [6, 6.07) is -0.291. The number of amides is 2. The topological polar surface area (TPSA) is 96.9 Å².